The minimum Gasteiger partial charge on any atom is -0.496 e. The highest BCUT2D eigenvalue weighted by molar-refractivity contribution is 8.00. The molecule has 0 aliphatic carbocycles. The van der Waals surface area contributed by atoms with E-state index in [2.05, 4.69) is 10.4 Å². The normalized spacial score (nSPS) is 16.9. The summed E-state index contributed by atoms with van der Waals surface area (Å²) in [6.45, 7) is 3.94. The number of anilines is 1. The number of ether oxygens (including phenoxy) is 1. The van der Waals surface area contributed by atoms with Crippen molar-refractivity contribution in [2.24, 2.45) is 0 Å². The third-order valence-corrected chi connectivity index (χ3v) is 6.05. The van der Waals surface area contributed by atoms with Crippen molar-refractivity contribution in [3.8, 4) is 5.75 Å². The molecule has 1 aromatic heterocycles. The van der Waals surface area contributed by atoms with Crippen LogP contribution in [-0.2, 0) is 4.79 Å². The Morgan fingerprint density at radius 2 is 1.89 bits per heavy atom. The number of hydrogen-bond acceptors (Lipinski definition) is 4. The molecule has 1 atom stereocenters. The molecule has 2 N–H and O–H groups in total. The van der Waals surface area contributed by atoms with Gasteiger partial charge in [0.25, 0.3) is 5.56 Å². The Balaban J connectivity index is 1.98. The highest BCUT2D eigenvalue weighted by atomic mass is 32.2. The number of thioether (sulfide) groups is 1. The first kappa shape index (κ1) is 17.7. The zero-order chi connectivity index (χ0) is 19.1. The molecule has 1 aliphatic heterocycles. The number of aromatic nitrogens is 2. The fraction of sp³-hybridized carbons (Fsp3) is 0.300. The molecule has 4 rings (SSSR count). The summed E-state index contributed by atoms with van der Waals surface area (Å²) in [5.74, 6) is 1.54. The summed E-state index contributed by atoms with van der Waals surface area (Å²) in [7, 11) is 1.65. The Hall–Kier alpha value is -2.67. The number of carbonyl (C=O) groups is 1. The van der Waals surface area contributed by atoms with Crippen LogP contribution < -0.4 is 15.6 Å². The highest BCUT2D eigenvalue weighted by Gasteiger charge is 2.32. The van der Waals surface area contributed by atoms with Gasteiger partial charge in [-0.25, -0.2) is 0 Å². The molecule has 2 heterocycles. The summed E-state index contributed by atoms with van der Waals surface area (Å²) in [5, 5.41) is 7.55. The quantitative estimate of drug-likeness (QED) is 0.723. The lowest BCUT2D eigenvalue weighted by Gasteiger charge is -2.18. The van der Waals surface area contributed by atoms with Crippen molar-refractivity contribution in [1.82, 2.24) is 9.78 Å². The van der Waals surface area contributed by atoms with Gasteiger partial charge in [0, 0.05) is 11.4 Å². The van der Waals surface area contributed by atoms with Gasteiger partial charge in [0.2, 0.25) is 5.91 Å². The Labute approximate surface area is 160 Å². The summed E-state index contributed by atoms with van der Waals surface area (Å²) < 4.78 is 7.23. The third-order valence-electron chi connectivity index (χ3n) is 4.80. The average molecular weight is 383 g/mol. The fourth-order valence-electron chi connectivity index (χ4n) is 3.58. The number of hydrogen-bond donors (Lipinski definition) is 2. The first-order valence-corrected chi connectivity index (χ1v) is 9.87. The molecule has 0 fully saturated rings. The molecule has 7 heteroatoms. The number of aromatic amines is 1. The van der Waals surface area contributed by atoms with E-state index in [-0.39, 0.29) is 28.5 Å². The lowest BCUT2D eigenvalue weighted by Crippen LogP contribution is -2.17. The van der Waals surface area contributed by atoms with Gasteiger partial charge in [-0.2, -0.15) is 0 Å². The monoisotopic (exact) mass is 383 g/mol. The van der Waals surface area contributed by atoms with Gasteiger partial charge >= 0.3 is 0 Å². The van der Waals surface area contributed by atoms with E-state index < -0.39 is 0 Å². The van der Waals surface area contributed by atoms with Crippen molar-refractivity contribution < 1.29 is 9.53 Å². The van der Waals surface area contributed by atoms with Crippen LogP contribution in [0.2, 0.25) is 0 Å². The maximum Gasteiger partial charge on any atom is 0.270 e. The van der Waals surface area contributed by atoms with Crippen LogP contribution in [0, 0.1) is 0 Å². The minimum atomic E-state index is -0.251. The molecular formula is C20H21N3O3S. The number of nitrogens with zero attached hydrogens (tertiary/aromatic N) is 1. The van der Waals surface area contributed by atoms with E-state index in [1.165, 1.54) is 11.8 Å². The lowest BCUT2D eigenvalue weighted by atomic mass is 9.98. The zero-order valence-corrected chi connectivity index (χ0v) is 16.2. The molecule has 0 unspecified atom stereocenters. The Morgan fingerprint density at radius 3 is 2.59 bits per heavy atom. The highest BCUT2D eigenvalue weighted by Crippen LogP contribution is 2.44. The van der Waals surface area contributed by atoms with Crippen molar-refractivity contribution in [1.29, 1.82) is 0 Å². The Bertz CT molecular complexity index is 1080. The molecule has 0 saturated carbocycles. The second-order valence-electron chi connectivity index (χ2n) is 6.81. The molecule has 2 aromatic carbocycles. The van der Waals surface area contributed by atoms with E-state index in [0.29, 0.717) is 11.4 Å². The SMILES string of the molecule is COc1ccc([C@H]2SCC(=O)Nc3c2c(=O)[nH]n3C(C)C)c2ccccc12. The molecule has 0 bridgehead atoms. The van der Waals surface area contributed by atoms with Crippen LogP contribution in [0.5, 0.6) is 5.75 Å². The van der Waals surface area contributed by atoms with E-state index in [4.69, 9.17) is 4.74 Å². The number of nitrogens with one attached hydrogen (secondary N) is 2. The van der Waals surface area contributed by atoms with Crippen molar-refractivity contribution in [2.45, 2.75) is 25.1 Å². The van der Waals surface area contributed by atoms with Crippen LogP contribution in [0.25, 0.3) is 10.8 Å². The number of benzene rings is 2. The van der Waals surface area contributed by atoms with Crippen LogP contribution in [0.1, 0.15) is 36.3 Å². The van der Waals surface area contributed by atoms with Crippen LogP contribution in [0.3, 0.4) is 0 Å². The van der Waals surface area contributed by atoms with E-state index in [0.717, 1.165) is 22.1 Å². The number of methoxy groups -OCH3 is 1. The topological polar surface area (TPSA) is 76.1 Å². The summed E-state index contributed by atoms with van der Waals surface area (Å²) in [5.41, 5.74) is 1.43. The van der Waals surface area contributed by atoms with Crippen molar-refractivity contribution in [2.75, 3.05) is 18.2 Å². The molecule has 140 valence electrons. The van der Waals surface area contributed by atoms with E-state index in [9.17, 15) is 9.59 Å². The largest absolute Gasteiger partial charge is 0.496 e. The van der Waals surface area contributed by atoms with Gasteiger partial charge in [-0.3, -0.25) is 19.4 Å². The predicted molar refractivity (Wildman–Crippen MR) is 109 cm³/mol. The maximum absolute atomic E-state index is 12.8. The number of rotatable bonds is 3. The first-order valence-electron chi connectivity index (χ1n) is 8.82. The number of fused-ring (bicyclic) bond motifs is 2. The summed E-state index contributed by atoms with van der Waals surface area (Å²) >= 11 is 1.47. The van der Waals surface area contributed by atoms with Gasteiger partial charge in [0.05, 0.1) is 23.7 Å². The van der Waals surface area contributed by atoms with Gasteiger partial charge in [-0.15, -0.1) is 11.8 Å². The standard InChI is InChI=1S/C20H21N3O3S/c1-11(2)23-19-17(20(25)22-23)18(27-10-16(24)21-19)14-8-9-15(26-3)13-7-5-4-6-12(13)14/h4-9,11,18H,10H2,1-3H3,(H,21,24)(H,22,25)/t18-/m1/s1. The van der Waals surface area contributed by atoms with E-state index in [1.54, 1.807) is 11.8 Å². The third kappa shape index (κ3) is 2.92. The van der Waals surface area contributed by atoms with Crippen LogP contribution in [0.4, 0.5) is 5.82 Å². The summed E-state index contributed by atoms with van der Waals surface area (Å²) in [6, 6.07) is 11.9. The second-order valence-corrected chi connectivity index (χ2v) is 7.90. The number of H-pyrrole nitrogens is 1. The summed E-state index contributed by atoms with van der Waals surface area (Å²) in [6.07, 6.45) is 0. The number of carbonyl (C=O) groups excluding carboxylic acids is 1. The summed E-state index contributed by atoms with van der Waals surface area (Å²) in [4.78, 5) is 25.1. The van der Waals surface area contributed by atoms with Gasteiger partial charge in [-0.05, 0) is 30.9 Å². The van der Waals surface area contributed by atoms with Crippen molar-refractivity contribution >= 4 is 34.3 Å². The minimum absolute atomic E-state index is 0.0260. The van der Waals surface area contributed by atoms with Crippen molar-refractivity contribution in [3.05, 3.63) is 57.9 Å². The Kier molecular flexibility index (Phi) is 4.47. The van der Waals surface area contributed by atoms with Gasteiger partial charge in [0.15, 0.2) is 0 Å². The second kappa shape index (κ2) is 6.81. The molecule has 0 spiro atoms. The lowest BCUT2D eigenvalue weighted by molar-refractivity contribution is -0.113. The molecule has 27 heavy (non-hydrogen) atoms. The van der Waals surface area contributed by atoms with Crippen LogP contribution >= 0.6 is 11.8 Å². The predicted octanol–water partition coefficient (Wildman–Crippen LogP) is 3.69. The fourth-order valence-corrected chi connectivity index (χ4v) is 4.74. The van der Waals surface area contributed by atoms with Gasteiger partial charge in [-0.1, -0.05) is 30.3 Å². The van der Waals surface area contributed by atoms with Crippen LogP contribution in [0.15, 0.2) is 41.2 Å². The Morgan fingerprint density at radius 1 is 1.15 bits per heavy atom. The molecule has 0 saturated heterocycles. The van der Waals surface area contributed by atoms with Gasteiger partial charge in [0.1, 0.15) is 11.6 Å². The molecule has 1 aliphatic rings. The molecule has 3 aromatic rings. The first-order chi connectivity index (χ1) is 13.0. The van der Waals surface area contributed by atoms with Crippen LogP contribution in [-0.4, -0.2) is 28.6 Å². The molecule has 6 nitrogen and oxygen atoms in total. The molecule has 0 radical (unpaired) electrons. The smallest absolute Gasteiger partial charge is 0.270 e. The number of amides is 1. The van der Waals surface area contributed by atoms with E-state index in [1.807, 2.05) is 50.2 Å². The zero-order valence-electron chi connectivity index (χ0n) is 15.4. The molecular weight excluding hydrogens is 362 g/mol. The van der Waals surface area contributed by atoms with Crippen molar-refractivity contribution in [3.63, 3.8) is 0 Å². The average Bonchev–Trinajstić information content (AvgIpc) is 2.88. The molecule has 1 amide bonds. The maximum atomic E-state index is 12.8. The van der Waals surface area contributed by atoms with E-state index >= 15 is 0 Å². The van der Waals surface area contributed by atoms with Gasteiger partial charge < -0.3 is 10.1 Å².